The Morgan fingerprint density at radius 3 is 2.52 bits per heavy atom. The lowest BCUT2D eigenvalue weighted by Gasteiger charge is -2.23. The molecule has 0 spiro atoms. The summed E-state index contributed by atoms with van der Waals surface area (Å²) in [6.07, 6.45) is 0.738. The van der Waals surface area contributed by atoms with Gasteiger partial charge in [0, 0.05) is 17.5 Å². The van der Waals surface area contributed by atoms with E-state index < -0.39 is 11.7 Å². The minimum Gasteiger partial charge on any atom is -0.443 e. The molecule has 1 heterocycles. The van der Waals surface area contributed by atoms with E-state index >= 15 is 0 Å². The molecule has 2 rings (SSSR count). The number of ether oxygens (including phenoxy) is 1. The van der Waals surface area contributed by atoms with Gasteiger partial charge in [0.2, 0.25) is 5.91 Å². The number of nitrogens with zero attached hydrogens (tertiary/aromatic N) is 1. The van der Waals surface area contributed by atoms with Crippen LogP contribution in [-0.2, 0) is 16.0 Å². The lowest BCUT2D eigenvalue weighted by atomic mass is 9.98. The Morgan fingerprint density at radius 2 is 1.95 bits per heavy atom. The van der Waals surface area contributed by atoms with Gasteiger partial charge < -0.3 is 4.74 Å². The number of hydrogen-bond donors (Lipinski definition) is 0. The molecule has 1 saturated heterocycles. The smallest absolute Gasteiger partial charge is 0.417 e. The van der Waals surface area contributed by atoms with Gasteiger partial charge in [0.15, 0.2) is 0 Å². The van der Waals surface area contributed by atoms with Gasteiger partial charge in [-0.25, -0.2) is 9.69 Å². The molecule has 114 valence electrons. The Bertz CT molecular complexity index is 533. The molecule has 4 nitrogen and oxygen atoms in total. The molecule has 0 radical (unpaired) electrons. The van der Waals surface area contributed by atoms with Crippen LogP contribution in [0.4, 0.5) is 4.79 Å². The van der Waals surface area contributed by atoms with Gasteiger partial charge in [-0.15, -0.1) is 0 Å². The summed E-state index contributed by atoms with van der Waals surface area (Å²) in [5, 5.41) is 0.673. The van der Waals surface area contributed by atoms with Crippen molar-refractivity contribution >= 4 is 23.6 Å². The maximum absolute atomic E-state index is 12.3. The maximum atomic E-state index is 12.3. The normalized spacial score (nSPS) is 19.0. The molecule has 1 aliphatic rings. The Hall–Kier alpha value is -1.55. The van der Waals surface area contributed by atoms with E-state index in [1.807, 2.05) is 24.3 Å². The summed E-state index contributed by atoms with van der Waals surface area (Å²) in [6, 6.07) is 7.43. The number of amides is 2. The summed E-state index contributed by atoms with van der Waals surface area (Å²) in [6.45, 7) is 5.79. The second kappa shape index (κ2) is 6.06. The lowest BCUT2D eigenvalue weighted by molar-refractivity contribution is -0.130. The highest BCUT2D eigenvalue weighted by atomic mass is 35.5. The number of halogens is 1. The van der Waals surface area contributed by atoms with E-state index in [4.69, 9.17) is 16.3 Å². The first kappa shape index (κ1) is 15.8. The van der Waals surface area contributed by atoms with Gasteiger partial charge in [-0.3, -0.25) is 4.79 Å². The zero-order chi connectivity index (χ0) is 15.6. The highest BCUT2D eigenvalue weighted by Crippen LogP contribution is 2.24. The lowest BCUT2D eigenvalue weighted by Crippen LogP contribution is -2.38. The zero-order valence-electron chi connectivity index (χ0n) is 12.6. The average Bonchev–Trinajstić information content (AvgIpc) is 2.72. The van der Waals surface area contributed by atoms with Crippen LogP contribution in [0.5, 0.6) is 0 Å². The molecule has 5 heteroatoms. The fourth-order valence-corrected chi connectivity index (χ4v) is 2.46. The molecule has 0 N–H and O–H groups in total. The SMILES string of the molecule is CC(C)(C)OC(=O)N1CCC(Cc2ccc(Cl)cc2)C1=O. The number of likely N-dealkylation sites (tertiary alicyclic amines) is 1. The first-order valence-corrected chi connectivity index (χ1v) is 7.43. The quantitative estimate of drug-likeness (QED) is 0.837. The van der Waals surface area contributed by atoms with Gasteiger partial charge in [-0.2, -0.15) is 0 Å². The van der Waals surface area contributed by atoms with Gasteiger partial charge in [0.05, 0.1) is 0 Å². The predicted octanol–water partition coefficient (Wildman–Crippen LogP) is 3.67. The van der Waals surface area contributed by atoms with Crippen molar-refractivity contribution in [1.82, 2.24) is 4.90 Å². The summed E-state index contributed by atoms with van der Waals surface area (Å²) in [7, 11) is 0. The molecule has 0 bridgehead atoms. The van der Waals surface area contributed by atoms with E-state index in [2.05, 4.69) is 0 Å². The van der Waals surface area contributed by atoms with E-state index in [0.717, 1.165) is 5.56 Å². The largest absolute Gasteiger partial charge is 0.443 e. The first-order chi connectivity index (χ1) is 9.76. The number of benzene rings is 1. The topological polar surface area (TPSA) is 46.6 Å². The van der Waals surface area contributed by atoms with Gasteiger partial charge in [0.25, 0.3) is 0 Å². The standard InChI is InChI=1S/C16H20ClNO3/c1-16(2,3)21-15(20)18-9-8-12(14(18)19)10-11-4-6-13(17)7-5-11/h4-7,12H,8-10H2,1-3H3. The summed E-state index contributed by atoms with van der Waals surface area (Å²) < 4.78 is 5.26. The molecule has 0 aliphatic carbocycles. The molecule has 0 saturated carbocycles. The highest BCUT2D eigenvalue weighted by molar-refractivity contribution is 6.30. The van der Waals surface area contributed by atoms with Crippen molar-refractivity contribution in [3.05, 3.63) is 34.9 Å². The molecule has 1 fully saturated rings. The highest BCUT2D eigenvalue weighted by Gasteiger charge is 2.37. The summed E-state index contributed by atoms with van der Waals surface area (Å²) >= 11 is 5.85. The van der Waals surface area contributed by atoms with Gasteiger partial charge in [0.1, 0.15) is 5.60 Å². The third kappa shape index (κ3) is 4.21. The molecule has 21 heavy (non-hydrogen) atoms. The van der Waals surface area contributed by atoms with Crippen LogP contribution in [0, 0.1) is 5.92 Å². The van der Waals surface area contributed by atoms with Gasteiger partial charge in [-0.1, -0.05) is 23.7 Å². The Balaban J connectivity index is 1.98. The average molecular weight is 310 g/mol. The molecular weight excluding hydrogens is 290 g/mol. The fraction of sp³-hybridized carbons (Fsp3) is 0.500. The third-order valence-corrected chi connectivity index (χ3v) is 3.58. The first-order valence-electron chi connectivity index (χ1n) is 7.05. The predicted molar refractivity (Wildman–Crippen MR) is 81.2 cm³/mol. The van der Waals surface area contributed by atoms with Gasteiger partial charge in [-0.05, 0) is 51.3 Å². The molecule has 1 atom stereocenters. The Morgan fingerprint density at radius 1 is 1.33 bits per heavy atom. The van der Waals surface area contributed by atoms with Crippen LogP contribution >= 0.6 is 11.6 Å². The minimum absolute atomic E-state index is 0.154. The molecular formula is C16H20ClNO3. The van der Waals surface area contributed by atoms with Crippen molar-refractivity contribution in [1.29, 1.82) is 0 Å². The number of carbonyl (C=O) groups is 2. The van der Waals surface area contributed by atoms with E-state index in [0.29, 0.717) is 24.4 Å². The van der Waals surface area contributed by atoms with E-state index in [1.54, 1.807) is 20.8 Å². The number of rotatable bonds is 2. The van der Waals surface area contributed by atoms with Crippen molar-refractivity contribution in [3.8, 4) is 0 Å². The van der Waals surface area contributed by atoms with Crippen LogP contribution in [0.1, 0.15) is 32.8 Å². The number of imide groups is 1. The number of hydrogen-bond acceptors (Lipinski definition) is 3. The maximum Gasteiger partial charge on any atom is 0.417 e. The van der Waals surface area contributed by atoms with E-state index in [-0.39, 0.29) is 11.8 Å². The van der Waals surface area contributed by atoms with Crippen LogP contribution in [-0.4, -0.2) is 29.0 Å². The van der Waals surface area contributed by atoms with Crippen LogP contribution in [0.15, 0.2) is 24.3 Å². The third-order valence-electron chi connectivity index (χ3n) is 3.33. The monoisotopic (exact) mass is 309 g/mol. The van der Waals surface area contributed by atoms with Crippen LogP contribution in [0.2, 0.25) is 5.02 Å². The molecule has 0 aromatic heterocycles. The molecule has 1 aliphatic heterocycles. The molecule has 1 unspecified atom stereocenters. The van der Waals surface area contributed by atoms with Crippen molar-refractivity contribution in [2.75, 3.05) is 6.54 Å². The summed E-state index contributed by atoms with van der Waals surface area (Å²) in [5.41, 5.74) is 0.454. The second-order valence-corrected chi connectivity index (χ2v) is 6.72. The van der Waals surface area contributed by atoms with E-state index in [9.17, 15) is 9.59 Å². The van der Waals surface area contributed by atoms with Crippen molar-refractivity contribution in [2.45, 2.75) is 39.2 Å². The molecule has 1 aromatic carbocycles. The van der Waals surface area contributed by atoms with Gasteiger partial charge >= 0.3 is 6.09 Å². The minimum atomic E-state index is -0.592. The Labute approximate surface area is 130 Å². The van der Waals surface area contributed by atoms with Crippen molar-refractivity contribution in [3.63, 3.8) is 0 Å². The van der Waals surface area contributed by atoms with E-state index in [1.165, 1.54) is 4.90 Å². The Kier molecular flexibility index (Phi) is 4.57. The number of carbonyl (C=O) groups excluding carboxylic acids is 2. The van der Waals surface area contributed by atoms with Crippen molar-refractivity contribution < 1.29 is 14.3 Å². The fourth-order valence-electron chi connectivity index (χ4n) is 2.33. The molecule has 2 amide bonds. The molecule has 1 aromatic rings. The zero-order valence-corrected chi connectivity index (χ0v) is 13.3. The summed E-state index contributed by atoms with van der Waals surface area (Å²) in [5.74, 6) is -0.321. The summed E-state index contributed by atoms with van der Waals surface area (Å²) in [4.78, 5) is 25.5. The van der Waals surface area contributed by atoms with Crippen molar-refractivity contribution in [2.24, 2.45) is 5.92 Å². The van der Waals surface area contributed by atoms with Crippen LogP contribution in [0.25, 0.3) is 0 Å². The second-order valence-electron chi connectivity index (χ2n) is 6.29. The van der Waals surface area contributed by atoms with Crippen LogP contribution < -0.4 is 0 Å². The van der Waals surface area contributed by atoms with Crippen LogP contribution in [0.3, 0.4) is 0 Å².